The predicted molar refractivity (Wildman–Crippen MR) is 82.0 cm³/mol. The molecule has 0 amide bonds. The lowest BCUT2D eigenvalue weighted by Gasteiger charge is -2.08. The largest absolute Gasteiger partial charge is 0.369 e. The predicted octanol–water partition coefficient (Wildman–Crippen LogP) is 3.64. The van der Waals surface area contributed by atoms with Crippen molar-refractivity contribution in [2.75, 3.05) is 12.0 Å². The van der Waals surface area contributed by atoms with E-state index >= 15 is 0 Å². The van der Waals surface area contributed by atoms with Crippen LogP contribution in [0.2, 0.25) is 0 Å². The summed E-state index contributed by atoms with van der Waals surface area (Å²) in [7, 11) is 0. The molecule has 0 saturated heterocycles. The van der Waals surface area contributed by atoms with Crippen molar-refractivity contribution >= 4 is 28.7 Å². The Bertz CT molecular complexity index is 746. The van der Waals surface area contributed by atoms with Crippen LogP contribution in [0.1, 0.15) is 5.56 Å². The maximum atomic E-state index is 6.07. The van der Waals surface area contributed by atoms with E-state index in [9.17, 15) is 0 Å². The number of hydrogen-bond acceptors (Lipinski definition) is 3. The standard InChI is InChI=1S/C15H15N3S/c1-10-6-7-14-13(8-10)17-15(16)18(14)11-4-3-5-12(9-11)19-2/h3-9H,1-2H3,(H2,16,17). The summed E-state index contributed by atoms with van der Waals surface area (Å²) >= 11 is 1.72. The van der Waals surface area contributed by atoms with Crippen molar-refractivity contribution in [2.24, 2.45) is 0 Å². The Labute approximate surface area is 116 Å². The number of aromatic nitrogens is 2. The summed E-state index contributed by atoms with van der Waals surface area (Å²) in [5.41, 5.74) is 10.3. The molecule has 0 saturated carbocycles. The van der Waals surface area contributed by atoms with E-state index in [0.717, 1.165) is 16.7 Å². The van der Waals surface area contributed by atoms with Crippen LogP contribution in [0.3, 0.4) is 0 Å². The molecule has 3 nitrogen and oxygen atoms in total. The number of nitrogens with two attached hydrogens (primary N) is 1. The summed E-state index contributed by atoms with van der Waals surface area (Å²) in [5.74, 6) is 0.527. The first-order valence-corrected chi connectivity index (χ1v) is 7.30. The highest BCUT2D eigenvalue weighted by Crippen LogP contribution is 2.26. The van der Waals surface area contributed by atoms with Crippen molar-refractivity contribution < 1.29 is 0 Å². The van der Waals surface area contributed by atoms with Crippen molar-refractivity contribution in [3.63, 3.8) is 0 Å². The minimum absolute atomic E-state index is 0.527. The fraction of sp³-hybridized carbons (Fsp3) is 0.133. The van der Waals surface area contributed by atoms with E-state index in [1.165, 1.54) is 10.5 Å². The summed E-state index contributed by atoms with van der Waals surface area (Å²) in [4.78, 5) is 5.65. The van der Waals surface area contributed by atoms with Gasteiger partial charge in [0.05, 0.1) is 16.7 Å². The number of imidazole rings is 1. The van der Waals surface area contributed by atoms with Gasteiger partial charge in [0.1, 0.15) is 0 Å². The van der Waals surface area contributed by atoms with E-state index in [2.05, 4.69) is 54.6 Å². The molecule has 0 unspecified atom stereocenters. The Morgan fingerprint density at radius 2 is 2.00 bits per heavy atom. The minimum atomic E-state index is 0.527. The molecule has 2 N–H and O–H groups in total. The van der Waals surface area contributed by atoms with E-state index in [-0.39, 0.29) is 0 Å². The van der Waals surface area contributed by atoms with Crippen LogP contribution in [0.5, 0.6) is 0 Å². The highest BCUT2D eigenvalue weighted by atomic mass is 32.2. The normalized spacial score (nSPS) is 11.1. The number of fused-ring (bicyclic) bond motifs is 1. The summed E-state index contributed by atoms with van der Waals surface area (Å²) in [5, 5.41) is 0. The lowest BCUT2D eigenvalue weighted by Crippen LogP contribution is -2.00. The van der Waals surface area contributed by atoms with Crippen LogP contribution in [-0.4, -0.2) is 15.8 Å². The molecule has 0 fully saturated rings. The van der Waals surface area contributed by atoms with E-state index in [1.54, 1.807) is 11.8 Å². The monoisotopic (exact) mass is 269 g/mol. The molecule has 4 heteroatoms. The zero-order valence-corrected chi connectivity index (χ0v) is 11.7. The minimum Gasteiger partial charge on any atom is -0.369 e. The van der Waals surface area contributed by atoms with Crippen LogP contribution in [0, 0.1) is 6.92 Å². The van der Waals surface area contributed by atoms with Crippen LogP contribution < -0.4 is 5.73 Å². The van der Waals surface area contributed by atoms with E-state index < -0.39 is 0 Å². The van der Waals surface area contributed by atoms with Gasteiger partial charge in [-0.25, -0.2) is 4.98 Å². The molecule has 0 atom stereocenters. The molecule has 96 valence electrons. The first-order chi connectivity index (χ1) is 9.19. The molecular formula is C15H15N3S. The number of anilines is 1. The SMILES string of the molecule is CSc1cccc(-n2c(N)nc3cc(C)ccc32)c1. The number of thioether (sulfide) groups is 1. The van der Waals surface area contributed by atoms with Gasteiger partial charge in [-0.3, -0.25) is 4.57 Å². The van der Waals surface area contributed by atoms with Crippen molar-refractivity contribution in [1.29, 1.82) is 0 Å². The summed E-state index contributed by atoms with van der Waals surface area (Å²) in [6.07, 6.45) is 2.07. The Morgan fingerprint density at radius 1 is 1.16 bits per heavy atom. The van der Waals surface area contributed by atoms with Crippen molar-refractivity contribution in [3.05, 3.63) is 48.0 Å². The van der Waals surface area contributed by atoms with Gasteiger partial charge in [-0.1, -0.05) is 12.1 Å². The van der Waals surface area contributed by atoms with Crippen LogP contribution in [-0.2, 0) is 0 Å². The molecule has 3 aromatic rings. The Kier molecular flexibility index (Phi) is 2.95. The van der Waals surface area contributed by atoms with Gasteiger partial charge < -0.3 is 5.73 Å². The summed E-state index contributed by atoms with van der Waals surface area (Å²) in [6.45, 7) is 2.06. The van der Waals surface area contributed by atoms with Gasteiger partial charge in [-0.2, -0.15) is 0 Å². The van der Waals surface area contributed by atoms with E-state index in [4.69, 9.17) is 5.73 Å². The topological polar surface area (TPSA) is 43.8 Å². The van der Waals surface area contributed by atoms with Crippen molar-refractivity contribution in [3.8, 4) is 5.69 Å². The molecule has 0 aliphatic rings. The van der Waals surface area contributed by atoms with Gasteiger partial charge >= 0.3 is 0 Å². The van der Waals surface area contributed by atoms with Gasteiger partial charge in [0.15, 0.2) is 0 Å². The maximum absolute atomic E-state index is 6.07. The number of nitrogens with zero attached hydrogens (tertiary/aromatic N) is 2. The van der Waals surface area contributed by atoms with Gasteiger partial charge in [0.25, 0.3) is 0 Å². The van der Waals surface area contributed by atoms with Gasteiger partial charge in [-0.15, -0.1) is 11.8 Å². The third-order valence-corrected chi connectivity index (χ3v) is 3.87. The van der Waals surface area contributed by atoms with Crippen LogP contribution in [0.15, 0.2) is 47.4 Å². The van der Waals surface area contributed by atoms with Gasteiger partial charge in [0, 0.05) is 4.90 Å². The Morgan fingerprint density at radius 3 is 2.79 bits per heavy atom. The molecule has 0 aliphatic heterocycles. The average Bonchev–Trinajstić information content (AvgIpc) is 2.73. The number of rotatable bonds is 2. The average molecular weight is 269 g/mol. The van der Waals surface area contributed by atoms with Gasteiger partial charge in [-0.05, 0) is 49.1 Å². The van der Waals surface area contributed by atoms with E-state index in [0.29, 0.717) is 5.95 Å². The fourth-order valence-corrected chi connectivity index (χ4v) is 2.68. The lowest BCUT2D eigenvalue weighted by atomic mass is 10.2. The zero-order chi connectivity index (χ0) is 13.4. The summed E-state index contributed by atoms with van der Waals surface area (Å²) in [6, 6.07) is 14.5. The molecular weight excluding hydrogens is 254 g/mol. The second kappa shape index (κ2) is 4.63. The van der Waals surface area contributed by atoms with Crippen LogP contribution in [0.4, 0.5) is 5.95 Å². The van der Waals surface area contributed by atoms with Crippen LogP contribution >= 0.6 is 11.8 Å². The molecule has 1 heterocycles. The molecule has 1 aromatic heterocycles. The number of benzene rings is 2. The molecule has 0 bridgehead atoms. The summed E-state index contributed by atoms with van der Waals surface area (Å²) < 4.78 is 1.99. The highest BCUT2D eigenvalue weighted by molar-refractivity contribution is 7.98. The molecule has 19 heavy (non-hydrogen) atoms. The molecule has 0 radical (unpaired) electrons. The second-order valence-corrected chi connectivity index (χ2v) is 5.38. The van der Waals surface area contributed by atoms with Gasteiger partial charge in [0.2, 0.25) is 5.95 Å². The Hall–Kier alpha value is -1.94. The number of aryl methyl sites for hydroxylation is 1. The van der Waals surface area contributed by atoms with Crippen molar-refractivity contribution in [1.82, 2.24) is 9.55 Å². The van der Waals surface area contributed by atoms with Crippen molar-refractivity contribution in [2.45, 2.75) is 11.8 Å². The highest BCUT2D eigenvalue weighted by Gasteiger charge is 2.10. The van der Waals surface area contributed by atoms with E-state index in [1.807, 2.05) is 10.6 Å². The number of hydrogen-bond donors (Lipinski definition) is 1. The number of nitrogen functional groups attached to an aromatic ring is 1. The second-order valence-electron chi connectivity index (χ2n) is 4.50. The third-order valence-electron chi connectivity index (χ3n) is 3.15. The molecule has 2 aromatic carbocycles. The lowest BCUT2D eigenvalue weighted by molar-refractivity contribution is 1.10. The maximum Gasteiger partial charge on any atom is 0.205 e. The third kappa shape index (κ3) is 2.08. The zero-order valence-electron chi connectivity index (χ0n) is 10.9. The molecule has 0 aliphatic carbocycles. The molecule has 3 rings (SSSR count). The smallest absolute Gasteiger partial charge is 0.205 e. The fourth-order valence-electron chi connectivity index (χ4n) is 2.23. The first kappa shape index (κ1) is 12.1. The van der Waals surface area contributed by atoms with Crippen LogP contribution in [0.25, 0.3) is 16.7 Å². The quantitative estimate of drug-likeness (QED) is 0.722. The molecule has 0 spiro atoms. The first-order valence-electron chi connectivity index (χ1n) is 6.08. The Balaban J connectivity index is 2.26.